The summed E-state index contributed by atoms with van der Waals surface area (Å²) in [6.07, 6.45) is 7.63. The molecule has 2 aromatic carbocycles. The van der Waals surface area contributed by atoms with Crippen LogP contribution in [0.2, 0.25) is 0 Å². The normalized spacial score (nSPS) is 29.2. The van der Waals surface area contributed by atoms with Gasteiger partial charge in [0.25, 0.3) is 0 Å². The second kappa shape index (κ2) is 6.23. The monoisotopic (exact) mass is 485 g/mol. The molecule has 0 saturated carbocycles. The molecule has 3 atom stereocenters. The molecule has 2 aromatic rings. The number of halogens is 1. The molecule has 0 fully saturated rings. The number of fused-ring (bicyclic) bond motifs is 6. The van der Waals surface area contributed by atoms with Gasteiger partial charge in [0.05, 0.1) is 5.69 Å². The molecule has 3 aliphatic rings. The fraction of sp³-hybridized carbons (Fsp3) is 0.417. The standard InChI is InChI=1S/C24H28IN3/c1-5-24(25)11-10-16(2)28-26-12-13-27(28)22-15-20-18(14-21(22)24)17-8-6-7-9-19(17)23(20,3)4/h6-9,12-16,28H,5,10-11H2,1-4H3/t16-,24?/m1/s1. The number of nitrogens with one attached hydrogen (secondary N) is 1. The molecule has 1 aliphatic carbocycles. The fourth-order valence-corrected chi connectivity index (χ4v) is 6.00. The highest BCUT2D eigenvalue weighted by Crippen LogP contribution is 2.54. The van der Waals surface area contributed by atoms with Crippen LogP contribution in [0, 0.1) is 0 Å². The summed E-state index contributed by atoms with van der Waals surface area (Å²) in [6.45, 7) is 9.38. The molecular weight excluding hydrogens is 457 g/mol. The molecule has 3 nitrogen and oxygen atoms in total. The maximum atomic E-state index is 4.74. The Bertz CT molecular complexity index is 980. The lowest BCUT2D eigenvalue weighted by Gasteiger charge is -2.43. The molecule has 0 aromatic heterocycles. The van der Waals surface area contributed by atoms with E-state index < -0.39 is 0 Å². The smallest absolute Gasteiger partial charge is 0.102 e. The second-order valence-corrected chi connectivity index (χ2v) is 11.1. The third kappa shape index (κ3) is 2.43. The molecule has 2 unspecified atom stereocenters. The summed E-state index contributed by atoms with van der Waals surface area (Å²) >= 11 is 2.73. The van der Waals surface area contributed by atoms with Crippen molar-refractivity contribution in [3.8, 4) is 11.1 Å². The van der Waals surface area contributed by atoms with Gasteiger partial charge in [0.15, 0.2) is 0 Å². The summed E-state index contributed by atoms with van der Waals surface area (Å²) in [5, 5.41) is 3.56. The third-order valence-corrected chi connectivity index (χ3v) is 8.97. The van der Waals surface area contributed by atoms with Gasteiger partial charge in [-0.15, -0.1) is 6.20 Å². The van der Waals surface area contributed by atoms with Crippen molar-refractivity contribution in [3.63, 3.8) is 0 Å². The minimum absolute atomic E-state index is 0.0236. The molecule has 0 amide bonds. The minimum Gasteiger partial charge on any atom is -0.467 e. The van der Waals surface area contributed by atoms with Crippen molar-refractivity contribution in [2.24, 2.45) is 0 Å². The van der Waals surface area contributed by atoms with E-state index in [2.05, 4.69) is 97.9 Å². The predicted molar refractivity (Wildman–Crippen MR) is 125 cm³/mol. The minimum atomic E-state index is 0.0236. The van der Waals surface area contributed by atoms with Crippen molar-refractivity contribution < 1.29 is 5.12 Å². The molecule has 0 saturated heterocycles. The predicted octanol–water partition coefficient (Wildman–Crippen LogP) is 5.60. The van der Waals surface area contributed by atoms with Crippen molar-refractivity contribution >= 4 is 28.3 Å². The van der Waals surface area contributed by atoms with E-state index in [4.69, 9.17) is 5.43 Å². The Morgan fingerprint density at radius 2 is 1.93 bits per heavy atom. The van der Waals surface area contributed by atoms with E-state index in [0.717, 1.165) is 6.42 Å². The molecule has 1 N–H and O–H groups in total. The lowest BCUT2D eigenvalue weighted by Crippen LogP contribution is -3.16. The van der Waals surface area contributed by atoms with Crippen LogP contribution in [0.4, 0.5) is 5.69 Å². The van der Waals surface area contributed by atoms with E-state index in [-0.39, 0.29) is 8.84 Å². The Morgan fingerprint density at radius 3 is 2.71 bits per heavy atom. The lowest BCUT2D eigenvalue weighted by molar-refractivity contribution is -0.885. The average Bonchev–Trinajstić information content (AvgIpc) is 3.27. The van der Waals surface area contributed by atoms with Crippen LogP contribution in [-0.4, -0.2) is 6.04 Å². The lowest BCUT2D eigenvalue weighted by atomic mass is 9.80. The second-order valence-electron chi connectivity index (χ2n) is 9.00. The number of hydrogen-bond donors (Lipinski definition) is 1. The van der Waals surface area contributed by atoms with Crippen molar-refractivity contribution in [1.82, 2.24) is 0 Å². The van der Waals surface area contributed by atoms with Gasteiger partial charge in [-0.3, -0.25) is 5.12 Å². The Hall–Kier alpha value is -1.53. The van der Waals surface area contributed by atoms with Gasteiger partial charge in [-0.05, 0) is 59.7 Å². The summed E-state index contributed by atoms with van der Waals surface area (Å²) in [4.78, 5) is 0. The summed E-state index contributed by atoms with van der Waals surface area (Å²) < 4.78 is 0.153. The van der Waals surface area contributed by atoms with E-state index >= 15 is 0 Å². The number of quaternary nitrogens is 1. The first-order chi connectivity index (χ1) is 13.4. The fourth-order valence-electron chi connectivity index (χ4n) is 5.25. The molecule has 0 radical (unpaired) electrons. The number of hydrogen-bond acceptors (Lipinski definition) is 1. The first kappa shape index (κ1) is 18.5. The summed E-state index contributed by atoms with van der Waals surface area (Å²) in [5.74, 6) is 0. The quantitative estimate of drug-likeness (QED) is 0.413. The van der Waals surface area contributed by atoms with Gasteiger partial charge >= 0.3 is 0 Å². The zero-order valence-corrected chi connectivity index (χ0v) is 19.2. The maximum absolute atomic E-state index is 4.74. The number of rotatable bonds is 1. The average molecular weight is 485 g/mol. The first-order valence-electron chi connectivity index (χ1n) is 10.4. The van der Waals surface area contributed by atoms with Gasteiger partial charge in [0.1, 0.15) is 6.04 Å². The highest BCUT2D eigenvalue weighted by atomic mass is 127. The van der Waals surface area contributed by atoms with Crippen LogP contribution in [0.25, 0.3) is 16.6 Å². The van der Waals surface area contributed by atoms with Gasteiger partial charge in [-0.25, -0.2) is 5.01 Å². The van der Waals surface area contributed by atoms with Gasteiger partial charge in [-0.1, -0.05) is 67.6 Å². The maximum Gasteiger partial charge on any atom is 0.102 e. The van der Waals surface area contributed by atoms with Gasteiger partial charge in [0.2, 0.25) is 0 Å². The van der Waals surface area contributed by atoms with E-state index in [9.17, 15) is 0 Å². The Balaban J connectivity index is 1.80. The van der Waals surface area contributed by atoms with E-state index in [1.807, 2.05) is 6.20 Å². The molecule has 4 heteroatoms. The Labute approximate surface area is 181 Å². The van der Waals surface area contributed by atoms with Crippen molar-refractivity contribution in [2.45, 2.75) is 61.8 Å². The van der Waals surface area contributed by atoms with Crippen LogP contribution in [-0.2, 0) is 8.84 Å². The molecule has 146 valence electrons. The summed E-state index contributed by atoms with van der Waals surface area (Å²) in [5.41, 5.74) is 13.3. The molecule has 0 spiro atoms. The highest BCUT2D eigenvalue weighted by Gasteiger charge is 2.42. The molecule has 2 heterocycles. The third-order valence-electron chi connectivity index (χ3n) is 7.09. The number of nitrogens with zero attached hydrogens (tertiary/aromatic N) is 2. The van der Waals surface area contributed by atoms with Crippen LogP contribution >= 0.6 is 22.6 Å². The number of anilines is 1. The molecule has 28 heavy (non-hydrogen) atoms. The van der Waals surface area contributed by atoms with E-state index in [1.54, 1.807) is 0 Å². The van der Waals surface area contributed by atoms with Gasteiger partial charge in [0, 0.05) is 21.5 Å². The van der Waals surface area contributed by atoms with E-state index in [0.29, 0.717) is 6.04 Å². The van der Waals surface area contributed by atoms with Crippen molar-refractivity contribution in [2.75, 3.05) is 5.01 Å². The van der Waals surface area contributed by atoms with Crippen LogP contribution in [0.15, 0.2) is 48.8 Å². The van der Waals surface area contributed by atoms with Crippen molar-refractivity contribution in [1.29, 1.82) is 0 Å². The molecule has 5 rings (SSSR count). The van der Waals surface area contributed by atoms with Crippen LogP contribution < -0.4 is 10.1 Å². The highest BCUT2D eigenvalue weighted by molar-refractivity contribution is 14.1. The largest absolute Gasteiger partial charge is 0.467 e. The van der Waals surface area contributed by atoms with E-state index in [1.165, 1.54) is 51.5 Å². The first-order valence-corrected chi connectivity index (χ1v) is 11.5. The van der Waals surface area contributed by atoms with Crippen LogP contribution in [0.1, 0.15) is 63.6 Å². The Morgan fingerprint density at radius 1 is 1.14 bits per heavy atom. The topological polar surface area (TPSA) is 21.8 Å². The Kier molecular flexibility index (Phi) is 4.12. The number of alkyl halides is 1. The molecular formula is C24H28IN3. The summed E-state index contributed by atoms with van der Waals surface area (Å²) in [7, 11) is 0. The van der Waals surface area contributed by atoms with Crippen molar-refractivity contribution in [3.05, 3.63) is 70.9 Å². The molecule has 2 aliphatic heterocycles. The zero-order chi connectivity index (χ0) is 19.7. The SMILES string of the molecule is CCC1(I)CC[C@@H](C)[NH+]2[N-]C=CN2c2cc3c(cc21)-c1ccccc1C3(C)C. The van der Waals surface area contributed by atoms with Crippen LogP contribution in [0.3, 0.4) is 0 Å². The van der Waals surface area contributed by atoms with Crippen LogP contribution in [0.5, 0.6) is 0 Å². The van der Waals surface area contributed by atoms with Gasteiger partial charge < -0.3 is 5.43 Å². The van der Waals surface area contributed by atoms with Gasteiger partial charge in [-0.2, -0.15) is 0 Å². The molecule has 0 bridgehead atoms. The summed E-state index contributed by atoms with van der Waals surface area (Å²) in [6, 6.07) is 14.4. The zero-order valence-electron chi connectivity index (χ0n) is 17.1. The number of benzene rings is 2.